The SMILES string of the molecule is CC(C)(CN)CCCS(=O)Cc1ccc(Cl)cc1. The number of hydrogen-bond donors (Lipinski definition) is 1. The summed E-state index contributed by atoms with van der Waals surface area (Å²) in [7, 11) is -0.798. The molecule has 0 aliphatic rings. The van der Waals surface area contributed by atoms with E-state index in [1.165, 1.54) is 0 Å². The second-order valence-corrected chi connectivity index (χ2v) is 7.40. The van der Waals surface area contributed by atoms with Crippen molar-refractivity contribution in [2.45, 2.75) is 32.4 Å². The van der Waals surface area contributed by atoms with Crippen LogP contribution in [0.5, 0.6) is 0 Å². The van der Waals surface area contributed by atoms with Gasteiger partial charge in [-0.2, -0.15) is 0 Å². The molecular weight excluding hydrogens is 266 g/mol. The van der Waals surface area contributed by atoms with E-state index in [1.807, 2.05) is 24.3 Å². The van der Waals surface area contributed by atoms with Crippen molar-refractivity contribution in [2.24, 2.45) is 11.1 Å². The number of benzene rings is 1. The molecular formula is C14H22ClNOS. The van der Waals surface area contributed by atoms with Gasteiger partial charge in [0.1, 0.15) is 0 Å². The van der Waals surface area contributed by atoms with Crippen LogP contribution in [0.3, 0.4) is 0 Å². The topological polar surface area (TPSA) is 43.1 Å². The summed E-state index contributed by atoms with van der Waals surface area (Å²) < 4.78 is 11.9. The van der Waals surface area contributed by atoms with Gasteiger partial charge in [0.15, 0.2) is 0 Å². The first-order valence-electron chi connectivity index (χ1n) is 6.22. The van der Waals surface area contributed by atoms with Gasteiger partial charge < -0.3 is 5.73 Å². The predicted molar refractivity (Wildman–Crippen MR) is 80.2 cm³/mol. The zero-order chi connectivity index (χ0) is 13.6. The molecule has 1 atom stereocenters. The quantitative estimate of drug-likeness (QED) is 0.836. The van der Waals surface area contributed by atoms with Gasteiger partial charge in [0, 0.05) is 27.3 Å². The van der Waals surface area contributed by atoms with Gasteiger partial charge >= 0.3 is 0 Å². The fourth-order valence-corrected chi connectivity index (χ4v) is 2.95. The summed E-state index contributed by atoms with van der Waals surface area (Å²) in [5, 5.41) is 0.717. The Morgan fingerprint density at radius 1 is 1.28 bits per heavy atom. The second kappa shape index (κ2) is 7.27. The molecule has 102 valence electrons. The summed E-state index contributed by atoms with van der Waals surface area (Å²) in [6.07, 6.45) is 1.99. The summed E-state index contributed by atoms with van der Waals surface area (Å²) in [4.78, 5) is 0. The van der Waals surface area contributed by atoms with E-state index in [2.05, 4.69) is 13.8 Å². The molecule has 0 bridgehead atoms. The summed E-state index contributed by atoms with van der Waals surface area (Å²) in [6.45, 7) is 4.97. The van der Waals surface area contributed by atoms with E-state index in [1.54, 1.807) is 0 Å². The maximum Gasteiger partial charge on any atom is 0.0485 e. The molecule has 0 saturated carbocycles. The van der Waals surface area contributed by atoms with Gasteiger partial charge in [0.25, 0.3) is 0 Å². The molecule has 2 nitrogen and oxygen atoms in total. The monoisotopic (exact) mass is 287 g/mol. The van der Waals surface area contributed by atoms with Gasteiger partial charge in [0.05, 0.1) is 0 Å². The van der Waals surface area contributed by atoms with Crippen LogP contribution in [0, 0.1) is 5.41 Å². The molecule has 0 heterocycles. The van der Waals surface area contributed by atoms with Crippen molar-refractivity contribution in [1.29, 1.82) is 0 Å². The number of nitrogens with two attached hydrogens (primary N) is 1. The Hall–Kier alpha value is -0.380. The lowest BCUT2D eigenvalue weighted by molar-refractivity contribution is 0.344. The Morgan fingerprint density at radius 2 is 1.89 bits per heavy atom. The molecule has 1 aromatic rings. The first-order chi connectivity index (χ1) is 8.43. The van der Waals surface area contributed by atoms with Crippen molar-refractivity contribution in [3.63, 3.8) is 0 Å². The van der Waals surface area contributed by atoms with Crippen molar-refractivity contribution in [3.05, 3.63) is 34.9 Å². The van der Waals surface area contributed by atoms with Crippen LogP contribution in [-0.2, 0) is 16.6 Å². The van der Waals surface area contributed by atoms with E-state index in [0.29, 0.717) is 17.3 Å². The fourth-order valence-electron chi connectivity index (χ4n) is 1.65. The van der Waals surface area contributed by atoms with Gasteiger partial charge in [-0.3, -0.25) is 4.21 Å². The van der Waals surface area contributed by atoms with Crippen molar-refractivity contribution < 1.29 is 4.21 Å². The molecule has 0 aromatic heterocycles. The first-order valence-corrected chi connectivity index (χ1v) is 8.09. The highest BCUT2D eigenvalue weighted by molar-refractivity contribution is 7.84. The highest BCUT2D eigenvalue weighted by Gasteiger charge is 2.15. The Labute approximate surface area is 117 Å². The first kappa shape index (κ1) is 15.7. The Kier molecular flexibility index (Phi) is 6.33. The van der Waals surface area contributed by atoms with E-state index in [0.717, 1.165) is 24.2 Å². The lowest BCUT2D eigenvalue weighted by Crippen LogP contribution is -2.23. The molecule has 0 aliphatic heterocycles. The third-order valence-electron chi connectivity index (χ3n) is 3.02. The molecule has 0 radical (unpaired) electrons. The van der Waals surface area contributed by atoms with Gasteiger partial charge in [-0.05, 0) is 42.5 Å². The van der Waals surface area contributed by atoms with Crippen LogP contribution in [0.1, 0.15) is 32.3 Å². The lowest BCUT2D eigenvalue weighted by Gasteiger charge is -2.21. The van der Waals surface area contributed by atoms with E-state index >= 15 is 0 Å². The molecule has 18 heavy (non-hydrogen) atoms. The predicted octanol–water partition coefficient (Wildman–Crippen LogP) is 3.35. The highest BCUT2D eigenvalue weighted by Crippen LogP contribution is 2.20. The zero-order valence-electron chi connectivity index (χ0n) is 11.1. The van der Waals surface area contributed by atoms with Gasteiger partial charge in [-0.15, -0.1) is 0 Å². The maximum atomic E-state index is 11.9. The van der Waals surface area contributed by atoms with Crippen molar-refractivity contribution in [3.8, 4) is 0 Å². The minimum Gasteiger partial charge on any atom is -0.330 e. The third-order valence-corrected chi connectivity index (χ3v) is 4.67. The molecule has 0 amide bonds. The van der Waals surface area contributed by atoms with Crippen LogP contribution in [-0.4, -0.2) is 16.5 Å². The van der Waals surface area contributed by atoms with E-state index in [9.17, 15) is 4.21 Å². The van der Waals surface area contributed by atoms with Gasteiger partial charge in [-0.25, -0.2) is 0 Å². The molecule has 1 unspecified atom stereocenters. The highest BCUT2D eigenvalue weighted by atomic mass is 35.5. The van der Waals surface area contributed by atoms with Crippen LogP contribution in [0.15, 0.2) is 24.3 Å². The normalized spacial score (nSPS) is 13.6. The molecule has 1 aromatic carbocycles. The Bertz CT molecular complexity index is 389. The van der Waals surface area contributed by atoms with Crippen LogP contribution in [0.2, 0.25) is 5.02 Å². The van der Waals surface area contributed by atoms with E-state index in [4.69, 9.17) is 17.3 Å². The van der Waals surface area contributed by atoms with Crippen LogP contribution < -0.4 is 5.73 Å². The number of rotatable bonds is 7. The van der Waals surface area contributed by atoms with Crippen LogP contribution in [0.25, 0.3) is 0 Å². The summed E-state index contributed by atoms with van der Waals surface area (Å²) >= 11 is 5.81. The van der Waals surface area contributed by atoms with Crippen LogP contribution in [0.4, 0.5) is 0 Å². The number of hydrogen-bond acceptors (Lipinski definition) is 2. The van der Waals surface area contributed by atoms with Crippen molar-refractivity contribution in [2.75, 3.05) is 12.3 Å². The minimum absolute atomic E-state index is 0.157. The molecule has 1 rings (SSSR count). The average molecular weight is 288 g/mol. The number of halogens is 1. The minimum atomic E-state index is -0.798. The fraction of sp³-hybridized carbons (Fsp3) is 0.571. The maximum absolute atomic E-state index is 11.9. The molecule has 2 N–H and O–H groups in total. The van der Waals surface area contributed by atoms with Gasteiger partial charge in [-0.1, -0.05) is 37.6 Å². The summed E-state index contributed by atoms with van der Waals surface area (Å²) in [5.41, 5.74) is 6.91. The zero-order valence-corrected chi connectivity index (χ0v) is 12.7. The Morgan fingerprint density at radius 3 is 2.44 bits per heavy atom. The second-order valence-electron chi connectivity index (χ2n) is 5.39. The van der Waals surface area contributed by atoms with E-state index < -0.39 is 10.8 Å². The summed E-state index contributed by atoms with van der Waals surface area (Å²) in [6, 6.07) is 7.55. The molecule has 0 aliphatic carbocycles. The average Bonchev–Trinajstić information content (AvgIpc) is 2.32. The largest absolute Gasteiger partial charge is 0.330 e. The van der Waals surface area contributed by atoms with Crippen molar-refractivity contribution in [1.82, 2.24) is 0 Å². The Balaban J connectivity index is 2.32. The van der Waals surface area contributed by atoms with Crippen LogP contribution >= 0.6 is 11.6 Å². The van der Waals surface area contributed by atoms with Gasteiger partial charge in [0.2, 0.25) is 0 Å². The lowest BCUT2D eigenvalue weighted by atomic mass is 9.88. The molecule has 0 saturated heterocycles. The molecule has 0 fully saturated rings. The molecule has 0 spiro atoms. The molecule has 4 heteroatoms. The van der Waals surface area contributed by atoms with Crippen molar-refractivity contribution >= 4 is 22.4 Å². The standard InChI is InChI=1S/C14H22ClNOS/c1-14(2,11-16)8-3-9-18(17)10-12-4-6-13(15)7-5-12/h4-7H,3,8-11,16H2,1-2H3. The smallest absolute Gasteiger partial charge is 0.0485 e. The van der Waals surface area contributed by atoms with E-state index in [-0.39, 0.29) is 5.41 Å². The third kappa shape index (κ3) is 5.98. The summed E-state index contributed by atoms with van der Waals surface area (Å²) in [5.74, 6) is 1.35.